The summed E-state index contributed by atoms with van der Waals surface area (Å²) < 4.78 is 33.0. The van der Waals surface area contributed by atoms with Gasteiger partial charge in [0.15, 0.2) is 6.61 Å². The molecule has 0 aliphatic heterocycles. The van der Waals surface area contributed by atoms with Crippen LogP contribution in [0.2, 0.25) is 5.02 Å². The van der Waals surface area contributed by atoms with Crippen molar-refractivity contribution in [1.29, 1.82) is 0 Å². The molecule has 0 aliphatic rings. The number of ether oxygens (including phenoxy) is 1. The normalized spacial score (nSPS) is 10.8. The summed E-state index contributed by atoms with van der Waals surface area (Å²) in [6.45, 7) is 1.59. The second-order valence-electron chi connectivity index (χ2n) is 6.72. The van der Waals surface area contributed by atoms with Gasteiger partial charge in [-0.25, -0.2) is 8.42 Å². The second kappa shape index (κ2) is 10.2. The smallest absolute Gasteiger partial charge is 0.276 e. The second-order valence-corrected chi connectivity index (χ2v) is 8.81. The van der Waals surface area contributed by atoms with E-state index in [9.17, 15) is 18.0 Å². The highest BCUT2D eigenvalue weighted by atomic mass is 35.5. The van der Waals surface area contributed by atoms with Gasteiger partial charge in [0.1, 0.15) is 5.75 Å². The first-order chi connectivity index (χ1) is 15.2. The lowest BCUT2D eigenvalue weighted by Gasteiger charge is -2.11. The van der Waals surface area contributed by atoms with Gasteiger partial charge in [-0.1, -0.05) is 41.9 Å². The number of rotatable bonds is 7. The molecule has 10 heteroatoms. The Kier molecular flexibility index (Phi) is 7.34. The molecule has 0 aromatic heterocycles. The fourth-order valence-corrected chi connectivity index (χ4v) is 4.01. The van der Waals surface area contributed by atoms with Crippen LogP contribution in [0.3, 0.4) is 0 Å². The third-order valence-electron chi connectivity index (χ3n) is 4.20. The van der Waals surface area contributed by atoms with Crippen molar-refractivity contribution in [3.63, 3.8) is 0 Å². The summed E-state index contributed by atoms with van der Waals surface area (Å²) in [5.74, 6) is -0.747. The van der Waals surface area contributed by atoms with Crippen LogP contribution in [-0.4, -0.2) is 26.8 Å². The van der Waals surface area contributed by atoms with Gasteiger partial charge in [0.05, 0.1) is 15.6 Å². The third-order valence-corrected chi connectivity index (χ3v) is 5.89. The Morgan fingerprint density at radius 1 is 0.938 bits per heavy atom. The number of aryl methyl sites for hydroxylation is 1. The van der Waals surface area contributed by atoms with Gasteiger partial charge < -0.3 is 4.74 Å². The molecule has 8 nitrogen and oxygen atoms in total. The van der Waals surface area contributed by atoms with Gasteiger partial charge in [0, 0.05) is 5.56 Å². The average molecular weight is 474 g/mol. The number of carbonyl (C=O) groups excluding carboxylic acids is 2. The Hall–Kier alpha value is -3.56. The number of carbonyl (C=O) groups is 2. The average Bonchev–Trinajstić information content (AvgIpc) is 2.77. The van der Waals surface area contributed by atoms with E-state index >= 15 is 0 Å². The van der Waals surface area contributed by atoms with E-state index in [-0.39, 0.29) is 27.8 Å². The molecule has 3 rings (SSSR count). The van der Waals surface area contributed by atoms with E-state index in [0.29, 0.717) is 5.75 Å². The van der Waals surface area contributed by atoms with E-state index in [4.69, 9.17) is 16.3 Å². The number of amides is 2. The van der Waals surface area contributed by atoms with E-state index in [0.717, 1.165) is 5.56 Å². The van der Waals surface area contributed by atoms with Crippen molar-refractivity contribution < 1.29 is 22.7 Å². The molecule has 0 spiro atoms. The van der Waals surface area contributed by atoms with Gasteiger partial charge in [-0.15, -0.1) is 0 Å². The summed E-state index contributed by atoms with van der Waals surface area (Å²) in [5.41, 5.74) is 5.68. The van der Waals surface area contributed by atoms with E-state index < -0.39 is 21.8 Å². The van der Waals surface area contributed by atoms with Crippen LogP contribution in [0, 0.1) is 6.92 Å². The molecule has 0 bridgehead atoms. The highest BCUT2D eigenvalue weighted by Crippen LogP contribution is 2.24. The minimum atomic E-state index is -3.99. The molecular formula is C22H20ClN3O5S. The number of benzene rings is 3. The summed E-state index contributed by atoms with van der Waals surface area (Å²) >= 11 is 6.00. The highest BCUT2D eigenvalue weighted by Gasteiger charge is 2.18. The van der Waals surface area contributed by atoms with Gasteiger partial charge in [0.25, 0.3) is 21.8 Å². The van der Waals surface area contributed by atoms with Crippen molar-refractivity contribution in [3.05, 3.63) is 88.9 Å². The number of nitrogens with one attached hydrogen (secondary N) is 3. The standard InChI is InChI=1S/C22H20ClN3O5S/c1-15-6-4-8-17(12-15)31-14-21(27)24-25-22(28)16-7-5-9-18(13-16)32(29,30)26-20-11-3-2-10-19(20)23/h2-13,26H,14H2,1H3,(H,24,27)(H,25,28). The van der Waals surface area contributed by atoms with Crippen LogP contribution < -0.4 is 20.3 Å². The lowest BCUT2D eigenvalue weighted by Crippen LogP contribution is -2.43. The zero-order valence-electron chi connectivity index (χ0n) is 17.0. The number of halogens is 1. The Morgan fingerprint density at radius 2 is 1.69 bits per heavy atom. The molecule has 0 saturated carbocycles. The van der Waals surface area contributed by atoms with Crippen molar-refractivity contribution in [2.24, 2.45) is 0 Å². The minimum Gasteiger partial charge on any atom is -0.484 e. The number of anilines is 1. The first kappa shape index (κ1) is 23.1. The molecule has 0 radical (unpaired) electrons. The van der Waals surface area contributed by atoms with E-state index in [1.165, 1.54) is 30.3 Å². The summed E-state index contributed by atoms with van der Waals surface area (Å²) in [4.78, 5) is 24.1. The van der Waals surface area contributed by atoms with Gasteiger partial charge in [0.2, 0.25) is 0 Å². The van der Waals surface area contributed by atoms with Crippen LogP contribution in [0.5, 0.6) is 5.75 Å². The summed E-state index contributed by atoms with van der Waals surface area (Å²) in [5, 5.41) is 0.237. The molecular weight excluding hydrogens is 454 g/mol. The van der Waals surface area contributed by atoms with Crippen molar-refractivity contribution >= 4 is 39.1 Å². The van der Waals surface area contributed by atoms with E-state index in [2.05, 4.69) is 15.6 Å². The van der Waals surface area contributed by atoms with Gasteiger partial charge in [-0.05, 0) is 55.0 Å². The van der Waals surface area contributed by atoms with Crippen LogP contribution in [0.4, 0.5) is 5.69 Å². The predicted molar refractivity (Wildman–Crippen MR) is 121 cm³/mol. The van der Waals surface area contributed by atoms with Crippen molar-refractivity contribution in [2.75, 3.05) is 11.3 Å². The highest BCUT2D eigenvalue weighted by molar-refractivity contribution is 7.92. The van der Waals surface area contributed by atoms with E-state index in [1.54, 1.807) is 36.4 Å². The molecule has 0 heterocycles. The molecule has 0 atom stereocenters. The summed E-state index contributed by atoms with van der Waals surface area (Å²) in [7, 11) is -3.99. The molecule has 0 fully saturated rings. The van der Waals surface area contributed by atoms with E-state index in [1.807, 2.05) is 13.0 Å². The largest absolute Gasteiger partial charge is 0.484 e. The zero-order chi connectivity index (χ0) is 23.1. The SMILES string of the molecule is Cc1cccc(OCC(=O)NNC(=O)c2cccc(S(=O)(=O)Nc3ccccc3Cl)c2)c1. The maximum atomic E-state index is 12.7. The van der Waals surface area contributed by atoms with Crippen molar-refractivity contribution in [2.45, 2.75) is 11.8 Å². The van der Waals surface area contributed by atoms with Crippen molar-refractivity contribution in [3.8, 4) is 5.75 Å². The molecule has 3 N–H and O–H groups in total. The quantitative estimate of drug-likeness (QED) is 0.456. The minimum absolute atomic E-state index is 0.0342. The predicted octanol–water partition coefficient (Wildman–Crippen LogP) is 3.29. The lowest BCUT2D eigenvalue weighted by atomic mass is 10.2. The number of hydrogen-bond donors (Lipinski definition) is 3. The third kappa shape index (κ3) is 6.22. The zero-order valence-corrected chi connectivity index (χ0v) is 18.5. The number of hydrazine groups is 1. The summed E-state index contributed by atoms with van der Waals surface area (Å²) in [6.07, 6.45) is 0. The van der Waals surface area contributed by atoms with Gasteiger partial charge in [-0.3, -0.25) is 25.2 Å². The van der Waals surface area contributed by atoms with Crippen LogP contribution in [-0.2, 0) is 14.8 Å². The first-order valence-corrected chi connectivity index (χ1v) is 11.3. The fourth-order valence-electron chi connectivity index (χ4n) is 2.64. The molecule has 166 valence electrons. The maximum absolute atomic E-state index is 12.7. The van der Waals surface area contributed by atoms with Gasteiger partial charge >= 0.3 is 0 Å². The monoisotopic (exact) mass is 473 g/mol. The first-order valence-electron chi connectivity index (χ1n) is 9.41. The number of sulfonamides is 1. The molecule has 0 saturated heterocycles. The van der Waals surface area contributed by atoms with Gasteiger partial charge in [-0.2, -0.15) is 0 Å². The topological polar surface area (TPSA) is 114 Å². The van der Waals surface area contributed by atoms with Crippen LogP contribution in [0.25, 0.3) is 0 Å². The molecule has 0 aliphatic carbocycles. The molecule has 2 amide bonds. The Morgan fingerprint density at radius 3 is 2.44 bits per heavy atom. The van der Waals surface area contributed by atoms with Crippen LogP contribution in [0.15, 0.2) is 77.7 Å². The van der Waals surface area contributed by atoms with Crippen LogP contribution in [0.1, 0.15) is 15.9 Å². The number of hydrogen-bond acceptors (Lipinski definition) is 5. The lowest BCUT2D eigenvalue weighted by molar-refractivity contribution is -0.123. The van der Waals surface area contributed by atoms with Crippen molar-refractivity contribution in [1.82, 2.24) is 10.9 Å². The fraction of sp³-hybridized carbons (Fsp3) is 0.0909. The number of para-hydroxylation sites is 1. The Balaban J connectivity index is 1.60. The molecule has 0 unspecified atom stereocenters. The maximum Gasteiger partial charge on any atom is 0.276 e. The summed E-state index contributed by atoms with van der Waals surface area (Å²) in [6, 6.07) is 18.9. The molecule has 3 aromatic rings. The molecule has 3 aromatic carbocycles. The Bertz CT molecular complexity index is 1250. The Labute approximate surface area is 190 Å². The molecule has 32 heavy (non-hydrogen) atoms. The van der Waals surface area contributed by atoms with Crippen LogP contribution >= 0.6 is 11.6 Å².